The molecule has 208 valence electrons. The smallest absolute Gasteiger partial charge is 0.258 e. The first-order chi connectivity index (χ1) is 19.9. The highest BCUT2D eigenvalue weighted by Gasteiger charge is 2.46. The fraction of sp³-hybridized carbons (Fsp3) is 0.212. The first kappa shape index (κ1) is 27.6. The Labute approximate surface area is 247 Å². The van der Waals surface area contributed by atoms with Crippen LogP contribution in [0.2, 0.25) is 5.15 Å². The number of carbonyl (C=O) groups is 1. The molecule has 3 aromatic carbocycles. The van der Waals surface area contributed by atoms with Gasteiger partial charge in [-0.3, -0.25) is 9.69 Å². The lowest BCUT2D eigenvalue weighted by atomic mass is 9.74. The average molecular weight is 588 g/mol. The quantitative estimate of drug-likeness (QED) is 0.215. The molecule has 1 aromatic heterocycles. The topological polar surface area (TPSA) is 36.4 Å². The van der Waals surface area contributed by atoms with E-state index >= 15 is 0 Å². The van der Waals surface area contributed by atoms with Crippen LogP contribution in [-0.2, 0) is 5.41 Å². The van der Waals surface area contributed by atoms with E-state index in [2.05, 4.69) is 22.0 Å². The molecule has 6 rings (SSSR count). The standard InChI is InChI=1S/C33H28ClF2N3OS/c34-31-20-24(13-16-37-31)32(40)39-22-33(14-18-38(19-15-33)17-1-2-23-3-5-25(35)6-4-23)29-21-28(11-12-30(29)39)41-27-9-7-26(36)8-10-27/h1-13,16,20-21H,14-15,17-19,22H2/b2-1+. The van der Waals surface area contributed by atoms with Gasteiger partial charge in [-0.15, -0.1) is 0 Å². The van der Waals surface area contributed by atoms with Gasteiger partial charge < -0.3 is 4.90 Å². The molecule has 0 radical (unpaired) electrons. The Hall–Kier alpha value is -3.52. The lowest BCUT2D eigenvalue weighted by Gasteiger charge is -2.39. The van der Waals surface area contributed by atoms with Gasteiger partial charge in [0.05, 0.1) is 0 Å². The lowest BCUT2D eigenvalue weighted by molar-refractivity contribution is 0.0977. The van der Waals surface area contributed by atoms with Crippen LogP contribution in [0.5, 0.6) is 0 Å². The van der Waals surface area contributed by atoms with Crippen LogP contribution in [-0.4, -0.2) is 42.0 Å². The number of rotatable bonds is 6. The molecule has 0 N–H and O–H groups in total. The number of benzene rings is 3. The van der Waals surface area contributed by atoms with Crippen molar-refractivity contribution in [3.8, 4) is 0 Å². The Balaban J connectivity index is 1.24. The summed E-state index contributed by atoms with van der Waals surface area (Å²) in [6, 6.07) is 22.6. The number of amides is 1. The molecule has 2 aliphatic heterocycles. The maximum absolute atomic E-state index is 13.7. The Morgan fingerprint density at radius 3 is 2.32 bits per heavy atom. The molecule has 0 bridgehead atoms. The Morgan fingerprint density at radius 1 is 0.927 bits per heavy atom. The number of nitrogens with zero attached hydrogens (tertiary/aromatic N) is 3. The number of aromatic nitrogens is 1. The minimum absolute atomic E-state index is 0.0870. The largest absolute Gasteiger partial charge is 0.307 e. The number of hydrogen-bond donors (Lipinski definition) is 0. The Morgan fingerprint density at radius 2 is 1.61 bits per heavy atom. The van der Waals surface area contributed by atoms with Crippen LogP contribution in [0.1, 0.15) is 34.3 Å². The molecule has 0 unspecified atom stereocenters. The molecule has 8 heteroatoms. The maximum Gasteiger partial charge on any atom is 0.258 e. The van der Waals surface area contributed by atoms with Crippen molar-refractivity contribution in [1.29, 1.82) is 0 Å². The van der Waals surface area contributed by atoms with Gasteiger partial charge in [0, 0.05) is 45.7 Å². The monoisotopic (exact) mass is 587 g/mol. The molecule has 0 saturated carbocycles. The van der Waals surface area contributed by atoms with Gasteiger partial charge in [-0.2, -0.15) is 0 Å². The van der Waals surface area contributed by atoms with Crippen molar-refractivity contribution < 1.29 is 13.6 Å². The van der Waals surface area contributed by atoms with E-state index in [1.165, 1.54) is 29.8 Å². The molecule has 0 aliphatic carbocycles. The molecular formula is C33H28ClF2N3OS. The second-order valence-electron chi connectivity index (χ2n) is 10.5. The highest BCUT2D eigenvalue weighted by atomic mass is 35.5. The molecule has 41 heavy (non-hydrogen) atoms. The molecule has 1 saturated heterocycles. The Bertz CT molecular complexity index is 1590. The number of pyridine rings is 1. The highest BCUT2D eigenvalue weighted by molar-refractivity contribution is 7.99. The molecule has 4 nitrogen and oxygen atoms in total. The minimum Gasteiger partial charge on any atom is -0.307 e. The summed E-state index contributed by atoms with van der Waals surface area (Å²) >= 11 is 7.70. The van der Waals surface area contributed by atoms with Crippen LogP contribution in [0.4, 0.5) is 14.5 Å². The highest BCUT2D eigenvalue weighted by Crippen LogP contribution is 2.49. The van der Waals surface area contributed by atoms with Crippen LogP contribution >= 0.6 is 23.4 Å². The van der Waals surface area contributed by atoms with Crippen molar-refractivity contribution >= 4 is 41.0 Å². The van der Waals surface area contributed by atoms with E-state index < -0.39 is 0 Å². The molecule has 3 heterocycles. The summed E-state index contributed by atoms with van der Waals surface area (Å²) in [5.41, 5.74) is 3.43. The predicted molar refractivity (Wildman–Crippen MR) is 161 cm³/mol. The summed E-state index contributed by atoms with van der Waals surface area (Å²) < 4.78 is 26.7. The number of hydrogen-bond acceptors (Lipinski definition) is 4. The number of anilines is 1. The fourth-order valence-electron chi connectivity index (χ4n) is 5.73. The zero-order chi connectivity index (χ0) is 28.4. The van der Waals surface area contributed by atoms with E-state index in [0.29, 0.717) is 12.1 Å². The van der Waals surface area contributed by atoms with Crippen LogP contribution in [0.25, 0.3) is 6.08 Å². The molecule has 0 atom stereocenters. The van der Waals surface area contributed by atoms with Gasteiger partial charge in [-0.05, 0) is 104 Å². The van der Waals surface area contributed by atoms with Crippen molar-refractivity contribution in [3.63, 3.8) is 0 Å². The number of piperidine rings is 1. The van der Waals surface area contributed by atoms with Crippen molar-refractivity contribution in [2.75, 3.05) is 31.1 Å². The molecule has 1 spiro atoms. The third kappa shape index (κ3) is 6.08. The van der Waals surface area contributed by atoms with E-state index in [0.717, 1.165) is 53.5 Å². The summed E-state index contributed by atoms with van der Waals surface area (Å²) in [5.74, 6) is -0.581. The molecule has 4 aromatic rings. The maximum atomic E-state index is 13.7. The average Bonchev–Trinajstić information content (AvgIpc) is 3.29. The normalized spacial score (nSPS) is 16.4. The van der Waals surface area contributed by atoms with Gasteiger partial charge in [-0.25, -0.2) is 13.8 Å². The molecule has 2 aliphatic rings. The van der Waals surface area contributed by atoms with E-state index in [4.69, 9.17) is 11.6 Å². The number of fused-ring (bicyclic) bond motifs is 2. The second kappa shape index (κ2) is 11.8. The zero-order valence-corrected chi connectivity index (χ0v) is 23.8. The molecular weight excluding hydrogens is 560 g/mol. The minimum atomic E-state index is -0.258. The van der Waals surface area contributed by atoms with Crippen LogP contribution in [0, 0.1) is 11.6 Å². The van der Waals surface area contributed by atoms with Gasteiger partial charge in [0.25, 0.3) is 5.91 Å². The van der Waals surface area contributed by atoms with Gasteiger partial charge in [0.15, 0.2) is 0 Å². The SMILES string of the molecule is O=C(c1ccnc(Cl)c1)N1CC2(CCN(C/C=C/c3ccc(F)cc3)CC2)c2cc(Sc3ccc(F)cc3)ccc21. The third-order valence-electron chi connectivity index (χ3n) is 7.92. The van der Waals surface area contributed by atoms with Crippen LogP contribution in [0.15, 0.2) is 101 Å². The van der Waals surface area contributed by atoms with Gasteiger partial charge in [0.1, 0.15) is 16.8 Å². The van der Waals surface area contributed by atoms with Crippen LogP contribution in [0.3, 0.4) is 0 Å². The van der Waals surface area contributed by atoms with Crippen LogP contribution < -0.4 is 4.90 Å². The van der Waals surface area contributed by atoms with E-state index in [1.807, 2.05) is 23.1 Å². The summed E-state index contributed by atoms with van der Waals surface area (Å²) in [4.78, 5) is 24.1. The van der Waals surface area contributed by atoms with Gasteiger partial charge in [-0.1, -0.05) is 47.6 Å². The van der Waals surface area contributed by atoms with Gasteiger partial charge >= 0.3 is 0 Å². The first-order valence-electron chi connectivity index (χ1n) is 13.5. The summed E-state index contributed by atoms with van der Waals surface area (Å²) in [6.07, 6.45) is 7.52. The second-order valence-corrected chi connectivity index (χ2v) is 12.1. The predicted octanol–water partition coefficient (Wildman–Crippen LogP) is 7.87. The first-order valence-corrected chi connectivity index (χ1v) is 14.7. The summed E-state index contributed by atoms with van der Waals surface area (Å²) in [6.45, 7) is 3.20. The number of likely N-dealkylation sites (tertiary alicyclic amines) is 1. The van der Waals surface area contributed by atoms with Crippen molar-refractivity contribution in [2.24, 2.45) is 0 Å². The Kier molecular flexibility index (Phi) is 7.93. The van der Waals surface area contributed by atoms with Crippen molar-refractivity contribution in [1.82, 2.24) is 9.88 Å². The molecule has 1 amide bonds. The zero-order valence-electron chi connectivity index (χ0n) is 22.3. The number of halogens is 3. The summed E-state index contributed by atoms with van der Waals surface area (Å²) in [5, 5.41) is 0.290. The number of carbonyl (C=O) groups excluding carboxylic acids is 1. The molecule has 1 fully saturated rings. The van der Waals surface area contributed by atoms with E-state index in [1.54, 1.807) is 54.4 Å². The van der Waals surface area contributed by atoms with Gasteiger partial charge in [0.2, 0.25) is 0 Å². The third-order valence-corrected chi connectivity index (χ3v) is 9.12. The van der Waals surface area contributed by atoms with Crippen molar-refractivity contribution in [3.05, 3.63) is 125 Å². The summed E-state index contributed by atoms with van der Waals surface area (Å²) in [7, 11) is 0. The lowest BCUT2D eigenvalue weighted by Crippen LogP contribution is -2.46. The van der Waals surface area contributed by atoms with E-state index in [-0.39, 0.29) is 28.1 Å². The van der Waals surface area contributed by atoms with Crippen molar-refractivity contribution in [2.45, 2.75) is 28.0 Å². The van der Waals surface area contributed by atoms with E-state index in [9.17, 15) is 13.6 Å². The fourth-order valence-corrected chi connectivity index (χ4v) is 6.76.